The second-order valence-corrected chi connectivity index (χ2v) is 4.15. The fourth-order valence-electron chi connectivity index (χ4n) is 0.936. The van der Waals surface area contributed by atoms with Crippen LogP contribution in [0.15, 0.2) is 0 Å². The fourth-order valence-corrected chi connectivity index (χ4v) is 0.936. The molecule has 0 aromatic heterocycles. The molecular weight excluding hydrogens is 178 g/mol. The lowest BCUT2D eigenvalue weighted by atomic mass is 10.2. The van der Waals surface area contributed by atoms with E-state index in [2.05, 4.69) is 11.2 Å². The average molecular weight is 197 g/mol. The molecule has 1 N–H and O–H groups in total. The molecule has 0 radical (unpaired) electrons. The number of terminal acetylenes is 1. The summed E-state index contributed by atoms with van der Waals surface area (Å²) < 4.78 is 5.07. The van der Waals surface area contributed by atoms with E-state index in [1.54, 1.807) is 0 Å². The minimum atomic E-state index is -0.477. The van der Waals surface area contributed by atoms with Crippen LogP contribution in [0.4, 0.5) is 4.79 Å². The molecule has 0 bridgehead atoms. The first-order valence-electron chi connectivity index (χ1n) is 4.84. The molecule has 0 fully saturated rings. The molecule has 1 amide bonds. The highest BCUT2D eigenvalue weighted by molar-refractivity contribution is 5.68. The van der Waals surface area contributed by atoms with Gasteiger partial charge in [-0.25, -0.2) is 4.79 Å². The maximum absolute atomic E-state index is 11.3. The molecule has 0 aliphatic heterocycles. The predicted molar refractivity (Wildman–Crippen MR) is 56.9 cm³/mol. The maximum Gasteiger partial charge on any atom is 0.408 e. The number of carbonyl (C=O) groups excluding carboxylic acids is 1. The number of hydrogen-bond donors (Lipinski definition) is 1. The standard InChI is InChI=1S/C11H19NO2/c1-6-8-9(7-2)12-10(13)14-11(3,4)5/h2,9H,6,8H2,1,3-5H3,(H,12,13)/t9-/m1/s1. The highest BCUT2D eigenvalue weighted by atomic mass is 16.6. The number of rotatable bonds is 3. The van der Waals surface area contributed by atoms with Gasteiger partial charge < -0.3 is 10.1 Å². The van der Waals surface area contributed by atoms with Crippen molar-refractivity contribution in [1.82, 2.24) is 5.32 Å². The zero-order valence-electron chi connectivity index (χ0n) is 9.39. The van der Waals surface area contributed by atoms with E-state index < -0.39 is 11.7 Å². The van der Waals surface area contributed by atoms with Gasteiger partial charge in [0.05, 0.1) is 6.04 Å². The number of ether oxygens (including phenoxy) is 1. The second kappa shape index (κ2) is 5.54. The van der Waals surface area contributed by atoms with Crippen molar-refractivity contribution in [2.45, 2.75) is 52.2 Å². The van der Waals surface area contributed by atoms with Gasteiger partial charge in [-0.1, -0.05) is 19.3 Å². The zero-order chi connectivity index (χ0) is 11.2. The first-order chi connectivity index (χ1) is 6.39. The molecule has 3 heteroatoms. The maximum atomic E-state index is 11.3. The monoisotopic (exact) mass is 197 g/mol. The van der Waals surface area contributed by atoms with Gasteiger partial charge in [0.1, 0.15) is 5.60 Å². The Morgan fingerprint density at radius 1 is 1.57 bits per heavy atom. The number of carbonyl (C=O) groups is 1. The van der Waals surface area contributed by atoms with Crippen LogP contribution in [-0.4, -0.2) is 17.7 Å². The Balaban J connectivity index is 3.99. The van der Waals surface area contributed by atoms with Gasteiger partial charge in [-0.05, 0) is 27.2 Å². The van der Waals surface area contributed by atoms with Crippen LogP contribution >= 0.6 is 0 Å². The third-order valence-electron chi connectivity index (χ3n) is 1.47. The Bertz CT molecular complexity index is 222. The van der Waals surface area contributed by atoms with E-state index in [9.17, 15) is 4.79 Å². The number of amides is 1. The molecule has 0 aliphatic rings. The summed E-state index contributed by atoms with van der Waals surface area (Å²) in [4.78, 5) is 11.3. The van der Waals surface area contributed by atoms with Crippen LogP contribution < -0.4 is 5.32 Å². The van der Waals surface area contributed by atoms with E-state index in [1.807, 2.05) is 27.7 Å². The first kappa shape index (κ1) is 12.8. The summed E-state index contributed by atoms with van der Waals surface area (Å²) in [5, 5.41) is 2.63. The molecule has 0 saturated heterocycles. The van der Waals surface area contributed by atoms with Crippen molar-refractivity contribution in [2.75, 3.05) is 0 Å². The molecule has 0 spiro atoms. The van der Waals surface area contributed by atoms with Crippen LogP contribution in [0.2, 0.25) is 0 Å². The van der Waals surface area contributed by atoms with Crippen molar-refractivity contribution in [1.29, 1.82) is 0 Å². The summed E-state index contributed by atoms with van der Waals surface area (Å²) in [5.74, 6) is 2.51. The molecule has 14 heavy (non-hydrogen) atoms. The van der Waals surface area contributed by atoms with Crippen molar-refractivity contribution in [3.05, 3.63) is 0 Å². The second-order valence-electron chi connectivity index (χ2n) is 4.15. The van der Waals surface area contributed by atoms with Crippen molar-refractivity contribution >= 4 is 6.09 Å². The van der Waals surface area contributed by atoms with Crippen molar-refractivity contribution in [3.8, 4) is 12.3 Å². The molecule has 0 aromatic rings. The van der Waals surface area contributed by atoms with Crippen LogP contribution in [0.25, 0.3) is 0 Å². The predicted octanol–water partition coefficient (Wildman–Crippen LogP) is 2.31. The van der Waals surface area contributed by atoms with Gasteiger partial charge >= 0.3 is 6.09 Å². The molecule has 0 aliphatic carbocycles. The van der Waals surface area contributed by atoms with E-state index >= 15 is 0 Å². The third kappa shape index (κ3) is 6.36. The Morgan fingerprint density at radius 2 is 2.14 bits per heavy atom. The lowest BCUT2D eigenvalue weighted by molar-refractivity contribution is 0.0514. The largest absolute Gasteiger partial charge is 0.444 e. The minimum absolute atomic E-state index is 0.227. The van der Waals surface area contributed by atoms with E-state index in [4.69, 9.17) is 11.2 Å². The van der Waals surface area contributed by atoms with Crippen LogP contribution in [0, 0.1) is 12.3 Å². The van der Waals surface area contributed by atoms with E-state index in [1.165, 1.54) is 0 Å². The van der Waals surface area contributed by atoms with E-state index in [0.717, 1.165) is 12.8 Å². The Hall–Kier alpha value is -1.17. The molecule has 0 unspecified atom stereocenters. The Labute approximate surface area is 86.2 Å². The summed E-state index contributed by atoms with van der Waals surface area (Å²) in [6.45, 7) is 7.47. The molecule has 0 aromatic carbocycles. The van der Waals surface area contributed by atoms with E-state index in [0.29, 0.717) is 0 Å². The average Bonchev–Trinajstić information content (AvgIpc) is 2.00. The zero-order valence-corrected chi connectivity index (χ0v) is 9.39. The van der Waals surface area contributed by atoms with Crippen LogP contribution in [0.5, 0.6) is 0 Å². The lowest BCUT2D eigenvalue weighted by Gasteiger charge is -2.21. The highest BCUT2D eigenvalue weighted by Gasteiger charge is 2.17. The molecule has 80 valence electrons. The van der Waals surface area contributed by atoms with Gasteiger partial charge in [0.25, 0.3) is 0 Å². The normalized spacial score (nSPS) is 12.8. The SMILES string of the molecule is C#C[C@H](CCC)NC(=O)OC(C)(C)C. The fraction of sp³-hybridized carbons (Fsp3) is 0.727. The smallest absolute Gasteiger partial charge is 0.408 e. The van der Waals surface area contributed by atoms with Gasteiger partial charge in [-0.15, -0.1) is 6.42 Å². The number of nitrogens with one attached hydrogen (secondary N) is 1. The van der Waals surface area contributed by atoms with Gasteiger partial charge in [0, 0.05) is 0 Å². The molecule has 0 rings (SSSR count). The third-order valence-corrected chi connectivity index (χ3v) is 1.47. The summed E-state index contributed by atoms with van der Waals surface area (Å²) in [7, 11) is 0. The first-order valence-corrected chi connectivity index (χ1v) is 4.84. The van der Waals surface area contributed by atoms with Crippen LogP contribution in [0.1, 0.15) is 40.5 Å². The Morgan fingerprint density at radius 3 is 2.50 bits per heavy atom. The quantitative estimate of drug-likeness (QED) is 0.705. The molecular formula is C11H19NO2. The van der Waals surface area contributed by atoms with Gasteiger partial charge in [0.2, 0.25) is 0 Å². The molecule has 0 saturated carbocycles. The Kier molecular flexibility index (Phi) is 5.07. The number of alkyl carbamates (subject to hydrolysis) is 1. The van der Waals surface area contributed by atoms with Crippen LogP contribution in [-0.2, 0) is 4.74 Å². The van der Waals surface area contributed by atoms with Crippen molar-refractivity contribution in [2.24, 2.45) is 0 Å². The molecule has 3 nitrogen and oxygen atoms in total. The van der Waals surface area contributed by atoms with E-state index in [-0.39, 0.29) is 6.04 Å². The number of hydrogen-bond acceptors (Lipinski definition) is 2. The minimum Gasteiger partial charge on any atom is -0.444 e. The summed E-state index contributed by atoms with van der Waals surface area (Å²) in [5.41, 5.74) is -0.477. The van der Waals surface area contributed by atoms with Crippen LogP contribution in [0.3, 0.4) is 0 Å². The lowest BCUT2D eigenvalue weighted by Crippen LogP contribution is -2.38. The summed E-state index contributed by atoms with van der Waals surface area (Å²) in [6.07, 6.45) is 6.51. The van der Waals surface area contributed by atoms with Gasteiger partial charge in [0.15, 0.2) is 0 Å². The topological polar surface area (TPSA) is 38.3 Å². The summed E-state index contributed by atoms with van der Waals surface area (Å²) >= 11 is 0. The molecule has 1 atom stereocenters. The molecule has 0 heterocycles. The van der Waals surface area contributed by atoms with Crippen molar-refractivity contribution < 1.29 is 9.53 Å². The summed E-state index contributed by atoms with van der Waals surface area (Å²) in [6, 6.07) is -0.227. The van der Waals surface area contributed by atoms with Crippen molar-refractivity contribution in [3.63, 3.8) is 0 Å². The van der Waals surface area contributed by atoms with Gasteiger partial charge in [-0.3, -0.25) is 0 Å². The van der Waals surface area contributed by atoms with Gasteiger partial charge in [-0.2, -0.15) is 0 Å². The highest BCUT2D eigenvalue weighted by Crippen LogP contribution is 2.07.